The van der Waals surface area contributed by atoms with Crippen molar-refractivity contribution in [2.24, 2.45) is 0 Å². The van der Waals surface area contributed by atoms with Crippen LogP contribution in [0.5, 0.6) is 0 Å². The van der Waals surface area contributed by atoms with Crippen LogP contribution in [0.25, 0.3) is 161 Å². The molecule has 0 atom stereocenters. The van der Waals surface area contributed by atoms with Gasteiger partial charge >= 0.3 is 0 Å². The Morgan fingerprint density at radius 2 is 0.427 bits per heavy atom. The number of hydrogen-bond donors (Lipinski definition) is 0. The molecule has 0 amide bonds. The van der Waals surface area contributed by atoms with Gasteiger partial charge in [-0.05, 0) is 180 Å². The molecule has 0 unspecified atom stereocenters. The predicted octanol–water partition coefficient (Wildman–Crippen LogP) is 33.0. The first kappa shape index (κ1) is 82.7. The highest BCUT2D eigenvalue weighted by Gasteiger charge is 2.27. The lowest BCUT2D eigenvalue weighted by Crippen LogP contribution is -2.00. The Balaban J connectivity index is 0.743. The lowest BCUT2D eigenvalue weighted by Gasteiger charge is -2.10. The van der Waals surface area contributed by atoms with Gasteiger partial charge in [-0.25, -0.2) is 15.0 Å². The summed E-state index contributed by atoms with van der Waals surface area (Å²) in [5.74, 6) is 1.89. The summed E-state index contributed by atoms with van der Waals surface area (Å²) in [7, 11) is 0. The van der Waals surface area contributed by atoms with E-state index >= 15 is 0 Å². The summed E-state index contributed by atoms with van der Waals surface area (Å²) >= 11 is 15.2. The number of fused-ring (bicyclic) bond motifs is 3. The van der Waals surface area contributed by atoms with Crippen molar-refractivity contribution in [2.75, 3.05) is 0 Å². The molecule has 0 radical (unpaired) electrons. The fraction of sp³-hybridized carbons (Fsp3) is 0.364. The van der Waals surface area contributed by atoms with Crippen LogP contribution in [0.1, 0.15) is 229 Å². The predicted molar refractivity (Wildman–Crippen MR) is 512 cm³/mol. The topological polar surface area (TPSA) is 116 Å². The fourth-order valence-electron chi connectivity index (χ4n) is 16.5. The summed E-state index contributed by atoms with van der Waals surface area (Å²) in [6, 6.07) is 55.2. The van der Waals surface area contributed by atoms with Crippen molar-refractivity contribution < 1.29 is 0 Å². The van der Waals surface area contributed by atoms with E-state index in [0.29, 0.717) is 17.5 Å². The average molecular weight is 1710 g/mol. The molecule has 0 bridgehead atoms. The normalized spacial score (nSPS) is 11.8. The van der Waals surface area contributed by atoms with Gasteiger partial charge in [-0.15, -0.1) is 68.0 Å². The molecule has 18 heteroatoms. The van der Waals surface area contributed by atoms with Gasteiger partial charge in [0.2, 0.25) is 0 Å². The molecule has 0 aliphatic heterocycles. The fourth-order valence-corrected chi connectivity index (χ4v) is 24.9. The smallest absolute Gasteiger partial charge is 0.164 e. The third-order valence-electron chi connectivity index (χ3n) is 23.1. The summed E-state index contributed by atoms with van der Waals surface area (Å²) in [5, 5.41) is 6.76. The molecular formula is C99H105N9S9. The molecule has 0 fully saturated rings. The van der Waals surface area contributed by atoms with E-state index in [4.69, 9.17) is 41.2 Å². The number of aromatic nitrogens is 9. The summed E-state index contributed by atoms with van der Waals surface area (Å²) in [4.78, 5) is 27.9. The van der Waals surface area contributed by atoms with E-state index in [9.17, 15) is 0 Å². The summed E-state index contributed by atoms with van der Waals surface area (Å²) in [6.45, 7) is 13.7. The van der Waals surface area contributed by atoms with Crippen LogP contribution in [0.3, 0.4) is 0 Å². The molecule has 16 rings (SSSR count). The van der Waals surface area contributed by atoms with Crippen molar-refractivity contribution in [1.82, 2.24) is 41.2 Å². The third kappa shape index (κ3) is 19.0. The highest BCUT2D eigenvalue weighted by molar-refractivity contribution is 7.20. The lowest BCUT2D eigenvalue weighted by molar-refractivity contribution is 0.668. The Hall–Kier alpha value is -8.01. The molecule has 117 heavy (non-hydrogen) atoms. The molecule has 9 nitrogen and oxygen atoms in total. The maximum atomic E-state index is 5.43. The van der Waals surface area contributed by atoms with E-state index in [2.05, 4.69) is 203 Å². The van der Waals surface area contributed by atoms with Crippen molar-refractivity contribution in [1.29, 1.82) is 0 Å². The minimum Gasteiger partial charge on any atom is -0.208 e. The van der Waals surface area contributed by atoms with Crippen LogP contribution in [-0.2, 0) is 38.5 Å². The van der Waals surface area contributed by atoms with Crippen LogP contribution in [0, 0.1) is 0 Å². The quantitative estimate of drug-likeness (QED) is 0.0345. The number of unbranched alkanes of at least 4 members (excludes halogenated alkanes) is 18. The molecule has 0 aliphatic rings. The molecule has 600 valence electrons. The van der Waals surface area contributed by atoms with Crippen LogP contribution in [0.2, 0.25) is 0 Å². The standard InChI is InChI=1S/C99H105N9S9/c1-7-13-19-25-31-67-55-58-109-91(67)76-49-52-79(88-85(76)103-115-106-88)94-73(34-28-22-16-10-4)61-82(112-94)64-37-43-70(44-38-64)97-100-98(71-45-39-65(40-46-71)83-62-74(35-29-23-17-11-5)95(113-83)80-53-50-77(86-89(80)107-116-104-86)92-68(56-59-110-92)32-26-20-14-8-2)102-99(101-97)72-47-41-66(42-48-72)84-63-75(36-30-24-18-12-6)96(114-84)81-54-51-78(87-90(81)108-117-105-87)93-69(57-60-111-93)33-27-21-15-9-3/h37-63H,7-36H2,1-6H3. The summed E-state index contributed by atoms with van der Waals surface area (Å²) < 4.78 is 30.3. The highest BCUT2D eigenvalue weighted by atomic mass is 32.1. The second-order valence-electron chi connectivity index (χ2n) is 31.5. The number of nitrogens with zero attached hydrogens (tertiary/aromatic N) is 9. The Bertz CT molecular complexity index is 5330. The Morgan fingerprint density at radius 1 is 0.214 bits per heavy atom. The molecule has 10 heterocycles. The minimum absolute atomic E-state index is 0.630. The number of benzene rings is 6. The number of hydrogen-bond acceptors (Lipinski definition) is 18. The van der Waals surface area contributed by atoms with E-state index in [1.807, 2.05) is 68.0 Å². The third-order valence-corrected chi connectivity index (χ3v) is 31.4. The summed E-state index contributed by atoms with van der Waals surface area (Å²) in [6.07, 6.45) is 35.6. The van der Waals surface area contributed by atoms with Crippen molar-refractivity contribution in [3.63, 3.8) is 0 Å². The van der Waals surface area contributed by atoms with Gasteiger partial charge in [0.25, 0.3) is 0 Å². The zero-order valence-corrected chi connectivity index (χ0v) is 75.8. The number of aryl methyl sites for hydroxylation is 6. The molecular weight excluding hydrogens is 1600 g/mol. The molecule has 0 aliphatic carbocycles. The van der Waals surface area contributed by atoms with Gasteiger partial charge in [-0.2, -0.15) is 26.2 Å². The van der Waals surface area contributed by atoms with Crippen LogP contribution in [-0.4, -0.2) is 41.2 Å². The van der Waals surface area contributed by atoms with E-state index in [0.717, 1.165) is 124 Å². The largest absolute Gasteiger partial charge is 0.208 e. The monoisotopic (exact) mass is 1710 g/mol. The Kier molecular flexibility index (Phi) is 28.5. The Morgan fingerprint density at radius 3 is 0.658 bits per heavy atom. The number of rotatable bonds is 42. The van der Waals surface area contributed by atoms with Gasteiger partial charge in [0.1, 0.15) is 33.1 Å². The van der Waals surface area contributed by atoms with E-state index in [-0.39, 0.29) is 0 Å². The lowest BCUT2D eigenvalue weighted by atomic mass is 9.98. The zero-order valence-electron chi connectivity index (χ0n) is 68.5. The van der Waals surface area contributed by atoms with E-state index in [1.165, 1.54) is 281 Å². The molecule has 6 aromatic carbocycles. The molecule has 0 saturated heterocycles. The van der Waals surface area contributed by atoms with Gasteiger partial charge in [0, 0.05) is 94.0 Å². The number of thiophene rings is 6. The second kappa shape index (κ2) is 40.4. The Labute approximate surface area is 728 Å². The van der Waals surface area contributed by atoms with Gasteiger partial charge < -0.3 is 0 Å². The van der Waals surface area contributed by atoms with Crippen molar-refractivity contribution in [3.8, 4) is 128 Å². The molecule has 10 aromatic heterocycles. The second-order valence-corrected chi connectivity index (χ2v) is 39.0. The SMILES string of the molecule is CCCCCCc1ccsc1-c1ccc(-c2sc(-c3ccc(-c4nc(-c5ccc(-c6cc(CCCCCC)c(-c7ccc(-c8sccc8CCCCCC)c8nsnc78)s6)cc5)nc(-c5ccc(-c6cc(CCCCCC)c(-c7ccc(-c8sccc8CCCCCC)c8nsnc78)s6)cc5)n4)cc3)cc2CCCCCC)c2nsnc12. The van der Waals surface area contributed by atoms with Gasteiger partial charge in [-0.1, -0.05) is 266 Å². The van der Waals surface area contributed by atoms with Crippen molar-refractivity contribution >= 4 is 136 Å². The molecule has 0 saturated carbocycles. The van der Waals surface area contributed by atoms with Crippen molar-refractivity contribution in [3.05, 3.63) is 195 Å². The van der Waals surface area contributed by atoms with Crippen LogP contribution in [0.15, 0.2) is 162 Å². The van der Waals surface area contributed by atoms with E-state index < -0.39 is 0 Å². The van der Waals surface area contributed by atoms with Crippen LogP contribution in [0.4, 0.5) is 0 Å². The zero-order chi connectivity index (χ0) is 79.8. The molecule has 0 spiro atoms. The first-order chi connectivity index (χ1) is 57.8. The van der Waals surface area contributed by atoms with Crippen LogP contribution < -0.4 is 0 Å². The van der Waals surface area contributed by atoms with Gasteiger partial charge in [0.05, 0.1) is 35.2 Å². The maximum absolute atomic E-state index is 5.43. The van der Waals surface area contributed by atoms with Gasteiger partial charge in [-0.3, -0.25) is 0 Å². The van der Waals surface area contributed by atoms with Crippen LogP contribution >= 0.6 is 103 Å². The maximum Gasteiger partial charge on any atom is 0.164 e. The van der Waals surface area contributed by atoms with Crippen molar-refractivity contribution in [2.45, 2.75) is 234 Å². The highest BCUT2D eigenvalue weighted by Crippen LogP contribution is 2.50. The molecule has 16 aromatic rings. The van der Waals surface area contributed by atoms with Gasteiger partial charge in [0.15, 0.2) is 17.5 Å². The molecule has 0 N–H and O–H groups in total. The van der Waals surface area contributed by atoms with E-state index in [1.54, 1.807) is 0 Å². The average Bonchev–Trinajstić information content (AvgIpc) is 1.64. The minimum atomic E-state index is 0.630. The first-order valence-corrected chi connectivity index (χ1v) is 50.5. The first-order valence-electron chi connectivity index (χ1n) is 43.2. The summed E-state index contributed by atoms with van der Waals surface area (Å²) in [5.41, 5.74) is 27.9.